The Kier molecular flexibility index (Phi) is 4.65. The SMILES string of the molecule is CCOc1cncc(N2CCN(c3cc(C)ccc3C)CC2)n1. The van der Waals surface area contributed by atoms with Gasteiger partial charge in [0.1, 0.15) is 0 Å². The molecule has 5 nitrogen and oxygen atoms in total. The molecule has 23 heavy (non-hydrogen) atoms. The number of ether oxygens (including phenoxy) is 1. The predicted octanol–water partition coefficient (Wildman–Crippen LogP) is 2.82. The number of rotatable bonds is 4. The molecule has 0 atom stereocenters. The Bertz CT molecular complexity index is 666. The average Bonchev–Trinajstić information content (AvgIpc) is 2.58. The second-order valence-electron chi connectivity index (χ2n) is 5.91. The summed E-state index contributed by atoms with van der Waals surface area (Å²) in [6.07, 6.45) is 3.48. The van der Waals surface area contributed by atoms with Gasteiger partial charge in [-0.1, -0.05) is 12.1 Å². The summed E-state index contributed by atoms with van der Waals surface area (Å²) in [4.78, 5) is 13.5. The van der Waals surface area contributed by atoms with Crippen LogP contribution < -0.4 is 14.5 Å². The normalized spacial score (nSPS) is 14.9. The Morgan fingerprint density at radius 3 is 2.52 bits per heavy atom. The highest BCUT2D eigenvalue weighted by Crippen LogP contribution is 2.24. The van der Waals surface area contributed by atoms with Crippen LogP contribution in [-0.4, -0.2) is 42.8 Å². The minimum atomic E-state index is 0.599. The lowest BCUT2D eigenvalue weighted by atomic mass is 10.1. The molecule has 1 fully saturated rings. The summed E-state index contributed by atoms with van der Waals surface area (Å²) in [6.45, 7) is 10.8. The van der Waals surface area contributed by atoms with Gasteiger partial charge in [-0.05, 0) is 38.0 Å². The topological polar surface area (TPSA) is 41.5 Å². The number of aryl methyl sites for hydroxylation is 2. The van der Waals surface area contributed by atoms with E-state index in [2.05, 4.69) is 51.8 Å². The second kappa shape index (κ2) is 6.86. The van der Waals surface area contributed by atoms with Crippen LogP contribution in [0.1, 0.15) is 18.1 Å². The molecule has 0 amide bonds. The molecule has 1 aromatic carbocycles. The van der Waals surface area contributed by atoms with Gasteiger partial charge in [-0.2, -0.15) is 4.98 Å². The first-order valence-electron chi connectivity index (χ1n) is 8.19. The lowest BCUT2D eigenvalue weighted by molar-refractivity contribution is 0.325. The van der Waals surface area contributed by atoms with Gasteiger partial charge in [-0.15, -0.1) is 0 Å². The first-order valence-corrected chi connectivity index (χ1v) is 8.19. The van der Waals surface area contributed by atoms with E-state index in [-0.39, 0.29) is 0 Å². The van der Waals surface area contributed by atoms with E-state index in [1.54, 1.807) is 6.20 Å². The molecular weight excluding hydrogens is 288 g/mol. The van der Waals surface area contributed by atoms with E-state index in [1.165, 1.54) is 16.8 Å². The largest absolute Gasteiger partial charge is 0.477 e. The van der Waals surface area contributed by atoms with Crippen molar-refractivity contribution in [2.24, 2.45) is 0 Å². The zero-order valence-corrected chi connectivity index (χ0v) is 14.1. The number of nitrogens with zero attached hydrogens (tertiary/aromatic N) is 4. The third kappa shape index (κ3) is 3.55. The van der Waals surface area contributed by atoms with E-state index in [4.69, 9.17) is 4.74 Å². The van der Waals surface area contributed by atoms with E-state index < -0.39 is 0 Å². The Balaban J connectivity index is 1.68. The third-order valence-electron chi connectivity index (χ3n) is 4.20. The van der Waals surface area contributed by atoms with Gasteiger partial charge >= 0.3 is 0 Å². The molecule has 2 aromatic rings. The van der Waals surface area contributed by atoms with Gasteiger partial charge in [0.2, 0.25) is 5.88 Å². The standard InChI is InChI=1S/C18H24N4O/c1-4-23-18-13-19-12-17(20-18)22-9-7-21(8-10-22)16-11-14(2)5-6-15(16)3/h5-6,11-13H,4,7-10H2,1-3H3. The predicted molar refractivity (Wildman–Crippen MR) is 93.5 cm³/mol. The summed E-state index contributed by atoms with van der Waals surface area (Å²) >= 11 is 0. The van der Waals surface area contributed by atoms with Gasteiger partial charge in [0.25, 0.3) is 0 Å². The number of anilines is 2. The maximum Gasteiger partial charge on any atom is 0.234 e. The molecule has 0 saturated carbocycles. The minimum absolute atomic E-state index is 0.599. The van der Waals surface area contributed by atoms with Gasteiger partial charge in [-0.3, -0.25) is 4.98 Å². The van der Waals surface area contributed by atoms with Crippen molar-refractivity contribution >= 4 is 11.5 Å². The van der Waals surface area contributed by atoms with Gasteiger partial charge in [0, 0.05) is 31.9 Å². The Labute approximate surface area is 137 Å². The molecule has 1 saturated heterocycles. The monoisotopic (exact) mass is 312 g/mol. The molecule has 3 rings (SSSR count). The van der Waals surface area contributed by atoms with Crippen LogP contribution in [0.25, 0.3) is 0 Å². The highest BCUT2D eigenvalue weighted by Gasteiger charge is 2.20. The summed E-state index contributed by atoms with van der Waals surface area (Å²) in [5.41, 5.74) is 3.99. The molecule has 0 aliphatic carbocycles. The molecule has 1 aromatic heterocycles. The smallest absolute Gasteiger partial charge is 0.234 e. The second-order valence-corrected chi connectivity index (χ2v) is 5.91. The lowest BCUT2D eigenvalue weighted by Gasteiger charge is -2.37. The van der Waals surface area contributed by atoms with Crippen LogP contribution >= 0.6 is 0 Å². The van der Waals surface area contributed by atoms with Gasteiger partial charge in [0.05, 0.1) is 19.0 Å². The maximum absolute atomic E-state index is 5.45. The van der Waals surface area contributed by atoms with Crippen LogP contribution in [0.15, 0.2) is 30.6 Å². The van der Waals surface area contributed by atoms with Crippen LogP contribution in [0.4, 0.5) is 11.5 Å². The molecule has 5 heteroatoms. The van der Waals surface area contributed by atoms with E-state index in [1.807, 2.05) is 13.1 Å². The third-order valence-corrected chi connectivity index (χ3v) is 4.20. The van der Waals surface area contributed by atoms with Crippen molar-refractivity contribution in [1.82, 2.24) is 9.97 Å². The molecule has 0 unspecified atom stereocenters. The van der Waals surface area contributed by atoms with Crippen molar-refractivity contribution in [2.75, 3.05) is 42.6 Å². The van der Waals surface area contributed by atoms with Crippen LogP contribution in [0.2, 0.25) is 0 Å². The van der Waals surface area contributed by atoms with E-state index in [9.17, 15) is 0 Å². The fourth-order valence-electron chi connectivity index (χ4n) is 2.94. The molecule has 0 bridgehead atoms. The number of aromatic nitrogens is 2. The average molecular weight is 312 g/mol. The Morgan fingerprint density at radius 1 is 1.04 bits per heavy atom. The molecule has 122 valence electrons. The molecule has 1 aliphatic rings. The zero-order valence-electron chi connectivity index (χ0n) is 14.1. The Hall–Kier alpha value is -2.30. The molecule has 1 aliphatic heterocycles. The van der Waals surface area contributed by atoms with Crippen molar-refractivity contribution in [3.8, 4) is 5.88 Å². The zero-order chi connectivity index (χ0) is 16.2. The molecule has 0 radical (unpaired) electrons. The van der Waals surface area contributed by atoms with Crippen LogP contribution in [0, 0.1) is 13.8 Å². The van der Waals surface area contributed by atoms with Gasteiger partial charge < -0.3 is 14.5 Å². The highest BCUT2D eigenvalue weighted by molar-refractivity contribution is 5.56. The van der Waals surface area contributed by atoms with Crippen molar-refractivity contribution in [1.29, 1.82) is 0 Å². The van der Waals surface area contributed by atoms with E-state index >= 15 is 0 Å². The summed E-state index contributed by atoms with van der Waals surface area (Å²) in [5, 5.41) is 0. The van der Waals surface area contributed by atoms with Crippen molar-refractivity contribution in [3.05, 3.63) is 41.7 Å². The lowest BCUT2D eigenvalue weighted by Crippen LogP contribution is -2.47. The van der Waals surface area contributed by atoms with E-state index in [0.717, 1.165) is 32.0 Å². The maximum atomic E-state index is 5.45. The minimum Gasteiger partial charge on any atom is -0.477 e. The van der Waals surface area contributed by atoms with Crippen molar-refractivity contribution < 1.29 is 4.74 Å². The Morgan fingerprint density at radius 2 is 1.78 bits per heavy atom. The van der Waals surface area contributed by atoms with Crippen molar-refractivity contribution in [2.45, 2.75) is 20.8 Å². The first-order chi connectivity index (χ1) is 11.2. The quantitative estimate of drug-likeness (QED) is 0.868. The van der Waals surface area contributed by atoms with Gasteiger partial charge in [0.15, 0.2) is 5.82 Å². The molecule has 0 spiro atoms. The molecule has 2 heterocycles. The highest BCUT2D eigenvalue weighted by atomic mass is 16.5. The van der Waals surface area contributed by atoms with Crippen molar-refractivity contribution in [3.63, 3.8) is 0 Å². The summed E-state index contributed by atoms with van der Waals surface area (Å²) in [6, 6.07) is 6.65. The molecular formula is C18H24N4O. The number of piperazine rings is 1. The fraction of sp³-hybridized carbons (Fsp3) is 0.444. The van der Waals surface area contributed by atoms with Gasteiger partial charge in [-0.25, -0.2) is 0 Å². The first kappa shape index (κ1) is 15.6. The number of hydrogen-bond donors (Lipinski definition) is 0. The van der Waals surface area contributed by atoms with Crippen LogP contribution in [0.5, 0.6) is 5.88 Å². The van der Waals surface area contributed by atoms with Crippen LogP contribution in [-0.2, 0) is 0 Å². The number of hydrogen-bond acceptors (Lipinski definition) is 5. The fourth-order valence-corrected chi connectivity index (χ4v) is 2.94. The van der Waals surface area contributed by atoms with Crippen LogP contribution in [0.3, 0.4) is 0 Å². The summed E-state index contributed by atoms with van der Waals surface area (Å²) < 4.78 is 5.45. The van der Waals surface area contributed by atoms with E-state index in [0.29, 0.717) is 12.5 Å². The molecule has 0 N–H and O–H groups in total. The number of benzene rings is 1. The summed E-state index contributed by atoms with van der Waals surface area (Å²) in [5.74, 6) is 1.50. The summed E-state index contributed by atoms with van der Waals surface area (Å²) in [7, 11) is 0.